The second kappa shape index (κ2) is 5.79. The molecule has 4 heteroatoms. The summed E-state index contributed by atoms with van der Waals surface area (Å²) in [6, 6.07) is 6.47. The van der Waals surface area contributed by atoms with E-state index in [-0.39, 0.29) is 11.0 Å². The van der Waals surface area contributed by atoms with Crippen molar-refractivity contribution in [3.05, 3.63) is 47.7 Å². The summed E-state index contributed by atoms with van der Waals surface area (Å²) in [5, 5.41) is 0. The van der Waals surface area contributed by atoms with Crippen molar-refractivity contribution < 1.29 is 13.3 Å². The Morgan fingerprint density at radius 2 is 1.72 bits per heavy atom. The van der Waals surface area contributed by atoms with Crippen LogP contribution in [0.15, 0.2) is 30.5 Å². The van der Waals surface area contributed by atoms with E-state index < -0.39 is 11.6 Å². The number of halogens is 2. The van der Waals surface area contributed by atoms with E-state index in [1.54, 1.807) is 0 Å². The molecule has 2 heterocycles. The predicted molar refractivity (Wildman–Crippen MR) is 97.9 cm³/mol. The minimum Gasteiger partial charge on any atom is -0.373 e. The van der Waals surface area contributed by atoms with E-state index in [2.05, 4.69) is 38.5 Å². The van der Waals surface area contributed by atoms with Gasteiger partial charge in [0.2, 0.25) is 5.69 Å². The Morgan fingerprint density at radius 3 is 2.28 bits per heavy atom. The first kappa shape index (κ1) is 17.8. The van der Waals surface area contributed by atoms with Crippen LogP contribution < -0.4 is 9.47 Å². The van der Waals surface area contributed by atoms with Gasteiger partial charge in [-0.25, -0.2) is 8.78 Å². The molecule has 134 valence electrons. The van der Waals surface area contributed by atoms with Crippen LogP contribution in [0.5, 0.6) is 0 Å². The number of benzene rings is 1. The Morgan fingerprint density at radius 1 is 1.04 bits per heavy atom. The van der Waals surface area contributed by atoms with E-state index in [0.29, 0.717) is 5.56 Å². The number of rotatable bonds is 3. The lowest BCUT2D eigenvalue weighted by atomic mass is 9.60. The third-order valence-electron chi connectivity index (χ3n) is 6.47. The minimum absolute atomic E-state index is 0.281. The molecule has 0 fully saturated rings. The summed E-state index contributed by atoms with van der Waals surface area (Å²) in [7, 11) is 3.99. The quantitative estimate of drug-likeness (QED) is 0.725. The van der Waals surface area contributed by atoms with Crippen molar-refractivity contribution in [2.75, 3.05) is 19.0 Å². The highest BCUT2D eigenvalue weighted by molar-refractivity contribution is 5.67. The predicted octanol–water partition coefficient (Wildman–Crippen LogP) is 4.79. The van der Waals surface area contributed by atoms with E-state index in [1.807, 2.05) is 31.1 Å². The topological polar surface area (TPSA) is 7.12 Å². The van der Waals surface area contributed by atoms with Crippen molar-refractivity contribution in [3.8, 4) is 11.3 Å². The highest BCUT2D eigenvalue weighted by Gasteiger charge is 2.57. The zero-order valence-corrected chi connectivity index (χ0v) is 16.0. The highest BCUT2D eigenvalue weighted by Crippen LogP contribution is 2.50. The summed E-state index contributed by atoms with van der Waals surface area (Å²) in [5.74, 6) is -0.994. The molecule has 3 rings (SSSR count). The lowest BCUT2D eigenvalue weighted by molar-refractivity contribution is -0.764. The number of nitrogens with zero attached hydrogens (tertiary/aromatic N) is 2. The third kappa shape index (κ3) is 2.30. The number of anilines is 1. The Kier molecular flexibility index (Phi) is 4.13. The third-order valence-corrected chi connectivity index (χ3v) is 6.47. The average Bonchev–Trinajstić information content (AvgIpc) is 2.58. The van der Waals surface area contributed by atoms with Crippen molar-refractivity contribution in [2.45, 2.75) is 51.5 Å². The first-order valence-corrected chi connectivity index (χ1v) is 8.93. The zero-order valence-electron chi connectivity index (χ0n) is 16.0. The maximum Gasteiger partial charge on any atom is 0.216 e. The lowest BCUT2D eigenvalue weighted by Crippen LogP contribution is -2.67. The van der Waals surface area contributed by atoms with Crippen LogP contribution >= 0.6 is 0 Å². The van der Waals surface area contributed by atoms with Crippen molar-refractivity contribution in [2.24, 2.45) is 0 Å². The van der Waals surface area contributed by atoms with E-state index >= 15 is 0 Å². The molecule has 2 atom stereocenters. The molecule has 1 aliphatic rings. The fraction of sp³-hybridized carbons (Fsp3) is 0.476. The van der Waals surface area contributed by atoms with Gasteiger partial charge >= 0.3 is 0 Å². The van der Waals surface area contributed by atoms with Crippen LogP contribution in [0, 0.1) is 11.6 Å². The van der Waals surface area contributed by atoms with Gasteiger partial charge in [0.25, 0.3) is 0 Å². The van der Waals surface area contributed by atoms with Crippen LogP contribution in [0.2, 0.25) is 0 Å². The lowest BCUT2D eigenvalue weighted by Gasteiger charge is -2.46. The van der Waals surface area contributed by atoms with Crippen molar-refractivity contribution in [3.63, 3.8) is 0 Å². The van der Waals surface area contributed by atoms with Crippen LogP contribution in [-0.4, -0.2) is 14.1 Å². The van der Waals surface area contributed by atoms with Gasteiger partial charge in [0.05, 0.1) is 11.0 Å². The Hall–Kier alpha value is -1.97. The molecule has 0 radical (unpaired) electrons. The monoisotopic (exact) mass is 345 g/mol. The van der Waals surface area contributed by atoms with Crippen molar-refractivity contribution in [1.82, 2.24) is 0 Å². The van der Waals surface area contributed by atoms with E-state index in [4.69, 9.17) is 0 Å². The van der Waals surface area contributed by atoms with Crippen molar-refractivity contribution in [1.29, 1.82) is 0 Å². The van der Waals surface area contributed by atoms with Gasteiger partial charge in [0.15, 0.2) is 11.7 Å². The number of hydrogen-bond donors (Lipinski definition) is 0. The van der Waals surface area contributed by atoms with E-state index in [9.17, 15) is 8.78 Å². The van der Waals surface area contributed by atoms with Crippen LogP contribution in [0.25, 0.3) is 11.3 Å². The Balaban J connectivity index is 2.46. The molecule has 0 N–H and O–H groups in total. The smallest absolute Gasteiger partial charge is 0.216 e. The van der Waals surface area contributed by atoms with Gasteiger partial charge in [-0.2, -0.15) is 4.57 Å². The first-order chi connectivity index (χ1) is 11.7. The second-order valence-electron chi connectivity index (χ2n) is 7.66. The summed E-state index contributed by atoms with van der Waals surface area (Å²) < 4.78 is 31.1. The molecular weight excluding hydrogens is 318 g/mol. The van der Waals surface area contributed by atoms with Gasteiger partial charge in [0.1, 0.15) is 17.3 Å². The molecule has 0 amide bonds. The van der Waals surface area contributed by atoms with Gasteiger partial charge in [-0.3, -0.25) is 0 Å². The van der Waals surface area contributed by atoms with Crippen LogP contribution in [0.1, 0.15) is 46.1 Å². The molecule has 1 aromatic heterocycles. The maximum atomic E-state index is 14.8. The summed E-state index contributed by atoms with van der Waals surface area (Å²) in [6.07, 6.45) is 3.76. The number of fused-ring (bicyclic) bond motifs is 3. The summed E-state index contributed by atoms with van der Waals surface area (Å²) >= 11 is 0. The number of pyridine rings is 1. The molecule has 0 saturated carbocycles. The summed E-state index contributed by atoms with van der Waals surface area (Å²) in [4.78, 5) is 2.04. The molecule has 25 heavy (non-hydrogen) atoms. The van der Waals surface area contributed by atoms with Crippen LogP contribution in [0.4, 0.5) is 14.5 Å². The standard InChI is InChI=1S/C21H27F2N2/c1-7-20(3)16-11-14(22)12-17(23)19(16)18-10-9-15(24(5)6)13-25(18)21(20,4)8-2/h9-13H,7-8H2,1-6H3/q+1. The molecule has 0 saturated heterocycles. The molecule has 1 aliphatic heterocycles. The Bertz CT molecular complexity index is 831. The van der Waals surface area contributed by atoms with Gasteiger partial charge in [-0.1, -0.05) is 13.8 Å². The normalized spacial score (nSPS) is 24.6. The van der Waals surface area contributed by atoms with Gasteiger partial charge in [0, 0.05) is 39.6 Å². The van der Waals surface area contributed by atoms with Gasteiger partial charge in [-0.05, 0) is 31.0 Å². The number of hydrogen-bond acceptors (Lipinski definition) is 1. The van der Waals surface area contributed by atoms with Crippen LogP contribution in [0.3, 0.4) is 0 Å². The maximum absolute atomic E-state index is 14.8. The Labute approximate surface area is 149 Å². The first-order valence-electron chi connectivity index (χ1n) is 8.93. The zero-order chi connectivity index (χ0) is 18.6. The molecule has 1 aromatic carbocycles. The SMILES string of the molecule is CCC1(C)c2cc(F)cc(F)c2-c2ccc(N(C)C)c[n+]2C1(C)CC. The summed E-state index contributed by atoms with van der Waals surface area (Å²) in [6.45, 7) is 8.58. The largest absolute Gasteiger partial charge is 0.373 e. The van der Waals surface area contributed by atoms with Crippen molar-refractivity contribution >= 4 is 5.69 Å². The van der Waals surface area contributed by atoms with Gasteiger partial charge in [-0.15, -0.1) is 0 Å². The molecule has 0 bridgehead atoms. The van der Waals surface area contributed by atoms with Crippen LogP contribution in [-0.2, 0) is 11.0 Å². The fourth-order valence-electron chi connectivity index (χ4n) is 4.32. The van der Waals surface area contributed by atoms with Gasteiger partial charge < -0.3 is 4.90 Å². The second-order valence-corrected chi connectivity index (χ2v) is 7.66. The van der Waals surface area contributed by atoms with E-state index in [0.717, 1.165) is 35.9 Å². The summed E-state index contributed by atoms with van der Waals surface area (Å²) in [5.41, 5.74) is 2.52. The minimum atomic E-state index is -0.507. The molecule has 2 nitrogen and oxygen atoms in total. The molecular formula is C21H27F2N2+. The molecule has 0 aliphatic carbocycles. The number of aromatic nitrogens is 1. The highest BCUT2D eigenvalue weighted by atomic mass is 19.1. The molecule has 0 spiro atoms. The molecule has 2 unspecified atom stereocenters. The molecule has 2 aromatic rings. The average molecular weight is 345 g/mol. The fourth-order valence-corrected chi connectivity index (χ4v) is 4.32. The van der Waals surface area contributed by atoms with E-state index in [1.165, 1.54) is 6.07 Å².